The number of anilines is 1. The van der Waals surface area contributed by atoms with E-state index in [9.17, 15) is 23.2 Å². The maximum absolute atomic E-state index is 13.8. The smallest absolute Gasteiger partial charge is 0.300 e. The van der Waals surface area contributed by atoms with Gasteiger partial charge in [0.25, 0.3) is 11.7 Å². The summed E-state index contributed by atoms with van der Waals surface area (Å²) in [6.07, 6.45) is 1.66. The number of halogens is 2. The maximum atomic E-state index is 13.8. The largest absolute Gasteiger partial charge is 0.355 e. The molecule has 2 rings (SSSR count). The van der Waals surface area contributed by atoms with Crippen LogP contribution in [0.5, 0.6) is 0 Å². The highest BCUT2D eigenvalue weighted by Crippen LogP contribution is 2.32. The van der Waals surface area contributed by atoms with Crippen molar-refractivity contribution in [1.29, 1.82) is 0 Å². The molecule has 1 N–H and O–H groups in total. The van der Waals surface area contributed by atoms with Gasteiger partial charge in [-0.15, -0.1) is 0 Å². The van der Waals surface area contributed by atoms with Gasteiger partial charge in [0.05, 0.1) is 11.3 Å². The highest BCUT2D eigenvalue weighted by atomic mass is 19.1. The number of hydrogen-bond donors (Lipinski definition) is 1. The van der Waals surface area contributed by atoms with Crippen LogP contribution in [0.15, 0.2) is 12.1 Å². The van der Waals surface area contributed by atoms with E-state index in [1.807, 2.05) is 6.92 Å². The van der Waals surface area contributed by atoms with Crippen LogP contribution in [0.25, 0.3) is 0 Å². The fraction of sp³-hybridized carbons (Fsp3) is 0.357. The first-order valence-electron chi connectivity index (χ1n) is 6.57. The van der Waals surface area contributed by atoms with Gasteiger partial charge in [-0.3, -0.25) is 19.3 Å². The summed E-state index contributed by atoms with van der Waals surface area (Å²) < 4.78 is 26.9. The molecule has 0 saturated carbocycles. The molecule has 1 aliphatic rings. The second-order valence-electron chi connectivity index (χ2n) is 4.71. The van der Waals surface area contributed by atoms with E-state index in [2.05, 4.69) is 5.32 Å². The molecule has 21 heavy (non-hydrogen) atoms. The lowest BCUT2D eigenvalue weighted by atomic mass is 10.1. The zero-order valence-corrected chi connectivity index (χ0v) is 11.4. The standard InChI is InChI=1S/C14H14F2N2O3/c1-2-3-4-17-11(19)7-18-12-9(13(20)14(18)21)5-8(15)6-10(12)16/h5-6H,2-4,7H2,1H3,(H,17,19). The summed E-state index contributed by atoms with van der Waals surface area (Å²) in [5, 5.41) is 2.57. The van der Waals surface area contributed by atoms with E-state index in [1.54, 1.807) is 0 Å². The number of carbonyl (C=O) groups excluding carboxylic acids is 3. The molecule has 2 amide bonds. The second kappa shape index (κ2) is 5.99. The minimum absolute atomic E-state index is 0.336. The van der Waals surface area contributed by atoms with Gasteiger partial charge in [0.1, 0.15) is 12.4 Å². The minimum atomic E-state index is -1.04. The SMILES string of the molecule is CCCCNC(=O)CN1C(=O)C(=O)c2cc(F)cc(F)c21. The topological polar surface area (TPSA) is 66.5 Å². The normalized spacial score (nSPS) is 13.6. The molecule has 0 fully saturated rings. The van der Waals surface area contributed by atoms with E-state index >= 15 is 0 Å². The van der Waals surface area contributed by atoms with Gasteiger partial charge < -0.3 is 5.32 Å². The number of amides is 2. The number of nitrogens with one attached hydrogen (secondary N) is 1. The molecule has 0 aliphatic carbocycles. The van der Waals surface area contributed by atoms with Crippen molar-refractivity contribution < 1.29 is 23.2 Å². The zero-order valence-electron chi connectivity index (χ0n) is 11.4. The van der Waals surface area contributed by atoms with E-state index in [0.717, 1.165) is 23.8 Å². The summed E-state index contributed by atoms with van der Waals surface area (Å²) in [4.78, 5) is 35.9. The third-order valence-corrected chi connectivity index (χ3v) is 3.14. The molecule has 0 bridgehead atoms. The van der Waals surface area contributed by atoms with Gasteiger partial charge in [0.15, 0.2) is 5.82 Å². The van der Waals surface area contributed by atoms with Crippen molar-refractivity contribution >= 4 is 23.3 Å². The van der Waals surface area contributed by atoms with E-state index in [-0.39, 0.29) is 11.3 Å². The highest BCUT2D eigenvalue weighted by Gasteiger charge is 2.39. The van der Waals surface area contributed by atoms with Crippen LogP contribution in [0.3, 0.4) is 0 Å². The molecular formula is C14H14F2N2O3. The summed E-state index contributed by atoms with van der Waals surface area (Å²) in [6, 6.07) is 1.38. The first kappa shape index (κ1) is 15.1. The van der Waals surface area contributed by atoms with E-state index in [4.69, 9.17) is 0 Å². The van der Waals surface area contributed by atoms with Crippen LogP contribution in [0.2, 0.25) is 0 Å². The zero-order chi connectivity index (χ0) is 15.6. The molecule has 5 nitrogen and oxygen atoms in total. The number of Topliss-reactive ketones (excluding diaryl/α,β-unsaturated/α-hetero) is 1. The van der Waals surface area contributed by atoms with Crippen molar-refractivity contribution in [2.75, 3.05) is 18.0 Å². The highest BCUT2D eigenvalue weighted by molar-refractivity contribution is 6.52. The Hall–Kier alpha value is -2.31. The van der Waals surface area contributed by atoms with Gasteiger partial charge in [-0.25, -0.2) is 8.78 Å². The van der Waals surface area contributed by atoms with Crippen LogP contribution in [-0.2, 0) is 9.59 Å². The van der Waals surface area contributed by atoms with Gasteiger partial charge in [0, 0.05) is 12.6 Å². The Labute approximate surface area is 119 Å². The molecule has 0 aromatic heterocycles. The van der Waals surface area contributed by atoms with Crippen molar-refractivity contribution in [1.82, 2.24) is 5.32 Å². The van der Waals surface area contributed by atoms with Gasteiger partial charge in [-0.2, -0.15) is 0 Å². The molecule has 0 saturated heterocycles. The van der Waals surface area contributed by atoms with Crippen LogP contribution in [0, 0.1) is 11.6 Å². The molecule has 0 unspecified atom stereocenters. The predicted octanol–water partition coefficient (Wildman–Crippen LogP) is 1.41. The van der Waals surface area contributed by atoms with E-state index in [0.29, 0.717) is 12.6 Å². The first-order chi connectivity index (χ1) is 9.95. The number of benzene rings is 1. The number of unbranched alkanes of at least 4 members (excludes halogenated alkanes) is 1. The van der Waals surface area contributed by atoms with Crippen LogP contribution >= 0.6 is 0 Å². The Bertz CT molecular complexity index is 616. The summed E-state index contributed by atoms with van der Waals surface area (Å²) in [5.41, 5.74) is -0.684. The Balaban J connectivity index is 2.21. The van der Waals surface area contributed by atoms with Gasteiger partial charge in [0.2, 0.25) is 5.91 Å². The summed E-state index contributed by atoms with van der Waals surface area (Å²) >= 11 is 0. The van der Waals surface area contributed by atoms with Gasteiger partial charge in [-0.1, -0.05) is 13.3 Å². The predicted molar refractivity (Wildman–Crippen MR) is 71.0 cm³/mol. The third kappa shape index (κ3) is 2.91. The van der Waals surface area contributed by atoms with Crippen molar-refractivity contribution in [2.24, 2.45) is 0 Å². The monoisotopic (exact) mass is 296 g/mol. The van der Waals surface area contributed by atoms with Crippen molar-refractivity contribution in [3.05, 3.63) is 29.3 Å². The lowest BCUT2D eigenvalue weighted by Gasteiger charge is -2.16. The fourth-order valence-electron chi connectivity index (χ4n) is 2.11. The first-order valence-corrected chi connectivity index (χ1v) is 6.57. The number of nitrogens with zero attached hydrogens (tertiary/aromatic N) is 1. The molecule has 0 radical (unpaired) electrons. The molecule has 7 heteroatoms. The molecule has 0 spiro atoms. The number of rotatable bonds is 5. The third-order valence-electron chi connectivity index (χ3n) is 3.14. The summed E-state index contributed by atoms with van der Waals surface area (Å²) in [5.74, 6) is -4.52. The van der Waals surface area contributed by atoms with Gasteiger partial charge >= 0.3 is 0 Å². The van der Waals surface area contributed by atoms with E-state index in [1.165, 1.54) is 0 Å². The summed E-state index contributed by atoms with van der Waals surface area (Å²) in [6.45, 7) is 1.92. The molecule has 0 atom stereocenters. The number of fused-ring (bicyclic) bond motifs is 1. The van der Waals surface area contributed by atoms with Gasteiger partial charge in [-0.05, 0) is 12.5 Å². The van der Waals surface area contributed by atoms with E-state index < -0.39 is 35.8 Å². The molecular weight excluding hydrogens is 282 g/mol. The van der Waals surface area contributed by atoms with Crippen molar-refractivity contribution in [3.8, 4) is 0 Å². The van der Waals surface area contributed by atoms with Crippen LogP contribution in [0.4, 0.5) is 14.5 Å². The lowest BCUT2D eigenvalue weighted by Crippen LogP contribution is -2.40. The Morgan fingerprint density at radius 3 is 2.67 bits per heavy atom. The maximum Gasteiger partial charge on any atom is 0.300 e. The molecule has 1 aromatic carbocycles. The van der Waals surface area contributed by atoms with Crippen molar-refractivity contribution in [3.63, 3.8) is 0 Å². The minimum Gasteiger partial charge on any atom is -0.355 e. The fourth-order valence-corrected chi connectivity index (χ4v) is 2.11. The molecule has 1 aliphatic heterocycles. The Kier molecular flexibility index (Phi) is 4.30. The Morgan fingerprint density at radius 2 is 2.00 bits per heavy atom. The molecule has 112 valence electrons. The Morgan fingerprint density at radius 1 is 1.29 bits per heavy atom. The molecule has 1 aromatic rings. The number of carbonyl (C=O) groups is 3. The van der Waals surface area contributed by atoms with Crippen molar-refractivity contribution in [2.45, 2.75) is 19.8 Å². The van der Waals surface area contributed by atoms with Crippen LogP contribution in [0.1, 0.15) is 30.1 Å². The van der Waals surface area contributed by atoms with Crippen LogP contribution < -0.4 is 10.2 Å². The average molecular weight is 296 g/mol. The quantitative estimate of drug-likeness (QED) is 0.660. The second-order valence-corrected chi connectivity index (χ2v) is 4.71. The number of ketones is 1. The summed E-state index contributed by atoms with van der Waals surface area (Å²) in [7, 11) is 0. The molecule has 1 heterocycles. The van der Waals surface area contributed by atoms with Crippen LogP contribution in [-0.4, -0.2) is 30.7 Å². The average Bonchev–Trinajstić information content (AvgIpc) is 2.64. The number of hydrogen-bond acceptors (Lipinski definition) is 3. The lowest BCUT2D eigenvalue weighted by molar-refractivity contribution is -0.122.